The number of rotatable bonds is 3. The summed E-state index contributed by atoms with van der Waals surface area (Å²) in [5, 5.41) is 11.0. The molecular weight excluding hydrogens is 166 g/mol. The molecule has 2 N–H and O–H groups in total. The first-order valence-electron chi connectivity index (χ1n) is 4.26. The second-order valence-electron chi connectivity index (χ2n) is 2.76. The molecule has 3 nitrogen and oxygen atoms in total. The van der Waals surface area contributed by atoms with Crippen LogP contribution in [0.25, 0.3) is 0 Å². The zero-order chi connectivity index (χ0) is 9.68. The second kappa shape index (κ2) is 4.62. The third kappa shape index (κ3) is 2.87. The zero-order valence-corrected chi connectivity index (χ0v) is 7.58. The molecule has 0 heterocycles. The Labute approximate surface area is 77.4 Å². The van der Waals surface area contributed by atoms with E-state index in [1.807, 2.05) is 24.3 Å². The summed E-state index contributed by atoms with van der Waals surface area (Å²) < 4.78 is 0. The zero-order valence-electron chi connectivity index (χ0n) is 7.58. The van der Waals surface area contributed by atoms with Crippen LogP contribution in [-0.2, 0) is 11.2 Å². The Morgan fingerprint density at radius 3 is 2.46 bits per heavy atom. The molecule has 0 aliphatic rings. The number of benzene rings is 1. The van der Waals surface area contributed by atoms with Crippen LogP contribution in [0.3, 0.4) is 0 Å². The summed E-state index contributed by atoms with van der Waals surface area (Å²) in [6, 6.07) is 7.55. The van der Waals surface area contributed by atoms with Gasteiger partial charge in [-0.2, -0.15) is 0 Å². The van der Waals surface area contributed by atoms with Crippen LogP contribution in [0.15, 0.2) is 24.3 Å². The number of nitrogens with one attached hydrogen (secondary N) is 1. The van der Waals surface area contributed by atoms with Crippen LogP contribution >= 0.6 is 0 Å². The molecular formula is C10H13NO2. The molecule has 0 spiro atoms. The lowest BCUT2D eigenvalue weighted by atomic mass is 10.1. The standard InChI is InChI=1S/C10H13NO2/c1-2-8-3-5-9(6-4-8)11-10(13)7-12/h3-6,12H,2,7H2,1H3,(H,11,13). The smallest absolute Gasteiger partial charge is 0.250 e. The van der Waals surface area contributed by atoms with Crippen molar-refractivity contribution in [2.45, 2.75) is 13.3 Å². The summed E-state index contributed by atoms with van der Waals surface area (Å²) in [6.07, 6.45) is 0.980. The molecule has 0 unspecified atom stereocenters. The van der Waals surface area contributed by atoms with E-state index in [4.69, 9.17) is 5.11 Å². The molecule has 0 aliphatic carbocycles. The SMILES string of the molecule is CCc1ccc(NC(=O)CO)cc1. The lowest BCUT2D eigenvalue weighted by Gasteiger charge is -2.03. The molecule has 0 aromatic heterocycles. The quantitative estimate of drug-likeness (QED) is 0.732. The monoisotopic (exact) mass is 179 g/mol. The number of anilines is 1. The molecule has 0 atom stereocenters. The Bertz CT molecular complexity index is 279. The van der Waals surface area contributed by atoms with Gasteiger partial charge in [0.2, 0.25) is 5.91 Å². The number of hydrogen-bond acceptors (Lipinski definition) is 2. The van der Waals surface area contributed by atoms with Gasteiger partial charge in [0.05, 0.1) is 0 Å². The van der Waals surface area contributed by atoms with Crippen molar-refractivity contribution in [3.05, 3.63) is 29.8 Å². The molecule has 0 radical (unpaired) electrons. The maximum absolute atomic E-state index is 10.8. The van der Waals surface area contributed by atoms with E-state index in [9.17, 15) is 4.79 Å². The van der Waals surface area contributed by atoms with Gasteiger partial charge in [-0.3, -0.25) is 4.79 Å². The molecule has 1 aromatic carbocycles. The third-order valence-corrected chi connectivity index (χ3v) is 1.79. The van der Waals surface area contributed by atoms with Gasteiger partial charge in [0, 0.05) is 5.69 Å². The Hall–Kier alpha value is -1.35. The van der Waals surface area contributed by atoms with Crippen LogP contribution in [0.1, 0.15) is 12.5 Å². The van der Waals surface area contributed by atoms with E-state index in [2.05, 4.69) is 12.2 Å². The minimum absolute atomic E-state index is 0.385. The molecule has 0 saturated heterocycles. The van der Waals surface area contributed by atoms with Gasteiger partial charge in [-0.05, 0) is 24.1 Å². The van der Waals surface area contributed by atoms with Gasteiger partial charge in [0.25, 0.3) is 0 Å². The third-order valence-electron chi connectivity index (χ3n) is 1.79. The Balaban J connectivity index is 2.64. The number of carbonyl (C=O) groups is 1. The lowest BCUT2D eigenvalue weighted by Crippen LogP contribution is -2.15. The minimum atomic E-state index is -0.477. The summed E-state index contributed by atoms with van der Waals surface area (Å²) in [5.41, 5.74) is 1.94. The van der Waals surface area contributed by atoms with Crippen molar-refractivity contribution in [1.82, 2.24) is 0 Å². The maximum Gasteiger partial charge on any atom is 0.250 e. The van der Waals surface area contributed by atoms with Crippen molar-refractivity contribution in [1.29, 1.82) is 0 Å². The van der Waals surface area contributed by atoms with Gasteiger partial charge in [-0.1, -0.05) is 19.1 Å². The van der Waals surface area contributed by atoms with Crippen LogP contribution in [0, 0.1) is 0 Å². The maximum atomic E-state index is 10.8. The first-order chi connectivity index (χ1) is 6.26. The Kier molecular flexibility index (Phi) is 3.46. The predicted octanol–water partition coefficient (Wildman–Crippen LogP) is 1.18. The Morgan fingerprint density at radius 2 is 2.00 bits per heavy atom. The number of aliphatic hydroxyl groups is 1. The van der Waals surface area contributed by atoms with E-state index in [0.29, 0.717) is 0 Å². The van der Waals surface area contributed by atoms with Crippen LogP contribution in [0.5, 0.6) is 0 Å². The molecule has 1 aromatic rings. The normalized spacial score (nSPS) is 9.69. The molecule has 70 valence electrons. The minimum Gasteiger partial charge on any atom is -0.387 e. The van der Waals surface area contributed by atoms with Crippen molar-refractivity contribution in [3.8, 4) is 0 Å². The van der Waals surface area contributed by atoms with E-state index < -0.39 is 6.61 Å². The molecule has 0 saturated carbocycles. The first kappa shape index (κ1) is 9.74. The highest BCUT2D eigenvalue weighted by Crippen LogP contribution is 2.09. The second-order valence-corrected chi connectivity index (χ2v) is 2.76. The fourth-order valence-corrected chi connectivity index (χ4v) is 1.02. The van der Waals surface area contributed by atoms with E-state index >= 15 is 0 Å². The molecule has 3 heteroatoms. The fraction of sp³-hybridized carbons (Fsp3) is 0.300. The highest BCUT2D eigenvalue weighted by Gasteiger charge is 1.98. The summed E-state index contributed by atoms with van der Waals surface area (Å²) >= 11 is 0. The fourth-order valence-electron chi connectivity index (χ4n) is 1.02. The predicted molar refractivity (Wildman–Crippen MR) is 51.5 cm³/mol. The van der Waals surface area contributed by atoms with E-state index in [0.717, 1.165) is 12.1 Å². The summed E-state index contributed by atoms with van der Waals surface area (Å²) in [7, 11) is 0. The average molecular weight is 179 g/mol. The van der Waals surface area contributed by atoms with Crippen molar-refractivity contribution >= 4 is 11.6 Å². The summed E-state index contributed by atoms with van der Waals surface area (Å²) in [6.45, 7) is 1.59. The van der Waals surface area contributed by atoms with Gasteiger partial charge in [0.15, 0.2) is 0 Å². The molecule has 1 amide bonds. The lowest BCUT2D eigenvalue weighted by molar-refractivity contribution is -0.118. The van der Waals surface area contributed by atoms with Crippen LogP contribution < -0.4 is 5.32 Å². The molecule has 0 aliphatic heterocycles. The summed E-state index contributed by atoms with van der Waals surface area (Å²) in [5.74, 6) is -0.385. The number of aryl methyl sites for hydroxylation is 1. The topological polar surface area (TPSA) is 49.3 Å². The van der Waals surface area contributed by atoms with Crippen LogP contribution in [0.2, 0.25) is 0 Å². The highest BCUT2D eigenvalue weighted by molar-refractivity contribution is 5.91. The number of aliphatic hydroxyl groups excluding tert-OH is 1. The van der Waals surface area contributed by atoms with Gasteiger partial charge in [-0.25, -0.2) is 0 Å². The number of amides is 1. The molecule has 0 bridgehead atoms. The van der Waals surface area contributed by atoms with Crippen molar-refractivity contribution in [2.24, 2.45) is 0 Å². The van der Waals surface area contributed by atoms with E-state index in [-0.39, 0.29) is 5.91 Å². The first-order valence-corrected chi connectivity index (χ1v) is 4.26. The molecule has 13 heavy (non-hydrogen) atoms. The largest absolute Gasteiger partial charge is 0.387 e. The van der Waals surface area contributed by atoms with Crippen LogP contribution in [0.4, 0.5) is 5.69 Å². The van der Waals surface area contributed by atoms with Gasteiger partial charge in [0.1, 0.15) is 6.61 Å². The van der Waals surface area contributed by atoms with Gasteiger partial charge in [-0.15, -0.1) is 0 Å². The Morgan fingerprint density at radius 1 is 1.38 bits per heavy atom. The van der Waals surface area contributed by atoms with E-state index in [1.165, 1.54) is 5.56 Å². The summed E-state index contributed by atoms with van der Waals surface area (Å²) in [4.78, 5) is 10.8. The van der Waals surface area contributed by atoms with Gasteiger partial charge < -0.3 is 10.4 Å². The van der Waals surface area contributed by atoms with Crippen LogP contribution in [-0.4, -0.2) is 17.6 Å². The van der Waals surface area contributed by atoms with Gasteiger partial charge >= 0.3 is 0 Å². The van der Waals surface area contributed by atoms with E-state index in [1.54, 1.807) is 0 Å². The number of hydrogen-bond donors (Lipinski definition) is 2. The highest BCUT2D eigenvalue weighted by atomic mass is 16.3. The number of carbonyl (C=O) groups excluding carboxylic acids is 1. The van der Waals surface area contributed by atoms with Crippen molar-refractivity contribution < 1.29 is 9.90 Å². The molecule has 1 rings (SSSR count). The van der Waals surface area contributed by atoms with Crippen molar-refractivity contribution in [2.75, 3.05) is 11.9 Å². The average Bonchev–Trinajstić information content (AvgIpc) is 2.19. The molecule has 0 fully saturated rings. The van der Waals surface area contributed by atoms with Crippen molar-refractivity contribution in [3.63, 3.8) is 0 Å².